The molecule has 0 bridgehead atoms. The van der Waals surface area contributed by atoms with Gasteiger partial charge in [-0.2, -0.15) is 0 Å². The molecule has 0 N–H and O–H groups in total. The van der Waals surface area contributed by atoms with Crippen LogP contribution in [0.4, 0.5) is 0 Å². The van der Waals surface area contributed by atoms with Gasteiger partial charge in [0.25, 0.3) is 0 Å². The molecule has 0 saturated heterocycles. The number of thiazole rings is 1. The van der Waals surface area contributed by atoms with Crippen LogP contribution in [0.25, 0.3) is 10.6 Å². The van der Waals surface area contributed by atoms with E-state index in [2.05, 4.69) is 72.1 Å². The standard InChI is InChI=1S/C18H22N4S2/c1-5-22-16(12(2)3)20-21-18(22)24-11-15-10-23-17(19-15)14-8-6-7-13(4)9-14/h6-10,12H,5,11H2,1-4H3. The summed E-state index contributed by atoms with van der Waals surface area (Å²) in [5, 5.41) is 12.9. The first kappa shape index (κ1) is 17.2. The first-order valence-corrected chi connectivity index (χ1v) is 10.0. The molecule has 4 nitrogen and oxygen atoms in total. The Labute approximate surface area is 151 Å². The van der Waals surface area contributed by atoms with Crippen LogP contribution in [0.3, 0.4) is 0 Å². The number of rotatable bonds is 6. The zero-order valence-electron chi connectivity index (χ0n) is 14.5. The molecule has 126 valence electrons. The van der Waals surface area contributed by atoms with Crippen molar-refractivity contribution in [3.05, 3.63) is 46.7 Å². The van der Waals surface area contributed by atoms with E-state index in [1.807, 2.05) is 0 Å². The molecule has 1 aromatic carbocycles. The monoisotopic (exact) mass is 358 g/mol. The van der Waals surface area contributed by atoms with Crippen molar-refractivity contribution in [3.63, 3.8) is 0 Å². The average molecular weight is 359 g/mol. The van der Waals surface area contributed by atoms with Crippen LogP contribution in [0.5, 0.6) is 0 Å². The van der Waals surface area contributed by atoms with Gasteiger partial charge in [-0.05, 0) is 19.9 Å². The van der Waals surface area contributed by atoms with Crippen LogP contribution in [-0.4, -0.2) is 19.7 Å². The first-order valence-electron chi connectivity index (χ1n) is 8.15. The van der Waals surface area contributed by atoms with E-state index in [4.69, 9.17) is 4.98 Å². The minimum absolute atomic E-state index is 0.388. The fourth-order valence-electron chi connectivity index (χ4n) is 2.55. The first-order chi connectivity index (χ1) is 11.6. The normalized spacial score (nSPS) is 11.4. The van der Waals surface area contributed by atoms with E-state index >= 15 is 0 Å². The Morgan fingerprint density at radius 3 is 2.79 bits per heavy atom. The summed E-state index contributed by atoms with van der Waals surface area (Å²) < 4.78 is 2.20. The Balaban J connectivity index is 1.72. The maximum atomic E-state index is 4.77. The maximum absolute atomic E-state index is 4.77. The molecular weight excluding hydrogens is 336 g/mol. The van der Waals surface area contributed by atoms with Crippen molar-refractivity contribution in [1.82, 2.24) is 19.7 Å². The fourth-order valence-corrected chi connectivity index (χ4v) is 4.38. The third-order valence-corrected chi connectivity index (χ3v) is 5.68. The molecule has 24 heavy (non-hydrogen) atoms. The molecule has 0 fully saturated rings. The van der Waals surface area contributed by atoms with Crippen LogP contribution in [0, 0.1) is 6.92 Å². The molecular formula is C18H22N4S2. The van der Waals surface area contributed by atoms with E-state index in [-0.39, 0.29) is 0 Å². The zero-order chi connectivity index (χ0) is 17.1. The molecule has 0 aliphatic rings. The van der Waals surface area contributed by atoms with Crippen molar-refractivity contribution in [2.75, 3.05) is 0 Å². The Bertz CT molecular complexity index is 820. The Kier molecular flexibility index (Phi) is 5.36. The number of aryl methyl sites for hydroxylation is 1. The van der Waals surface area contributed by atoms with E-state index in [9.17, 15) is 0 Å². The van der Waals surface area contributed by atoms with Crippen molar-refractivity contribution in [1.29, 1.82) is 0 Å². The van der Waals surface area contributed by atoms with E-state index in [0.29, 0.717) is 5.92 Å². The van der Waals surface area contributed by atoms with Gasteiger partial charge in [-0.1, -0.05) is 49.4 Å². The predicted octanol–water partition coefficient (Wildman–Crippen LogP) is 5.15. The lowest BCUT2D eigenvalue weighted by Crippen LogP contribution is -2.04. The average Bonchev–Trinajstić information content (AvgIpc) is 3.19. The Morgan fingerprint density at radius 2 is 2.08 bits per heavy atom. The largest absolute Gasteiger partial charge is 0.306 e. The van der Waals surface area contributed by atoms with Gasteiger partial charge in [0, 0.05) is 29.2 Å². The highest BCUT2D eigenvalue weighted by Gasteiger charge is 2.14. The van der Waals surface area contributed by atoms with Gasteiger partial charge >= 0.3 is 0 Å². The van der Waals surface area contributed by atoms with Gasteiger partial charge in [0.05, 0.1) is 5.69 Å². The summed E-state index contributed by atoms with van der Waals surface area (Å²) in [6, 6.07) is 8.49. The second-order valence-corrected chi connectivity index (χ2v) is 7.84. The van der Waals surface area contributed by atoms with E-state index in [1.165, 1.54) is 11.1 Å². The topological polar surface area (TPSA) is 43.6 Å². The van der Waals surface area contributed by atoms with Crippen molar-refractivity contribution in [3.8, 4) is 10.6 Å². The Morgan fingerprint density at radius 1 is 1.25 bits per heavy atom. The second kappa shape index (κ2) is 7.49. The van der Waals surface area contributed by atoms with Gasteiger partial charge < -0.3 is 4.57 Å². The number of benzene rings is 1. The van der Waals surface area contributed by atoms with Crippen LogP contribution in [0.2, 0.25) is 0 Å². The van der Waals surface area contributed by atoms with Crippen molar-refractivity contribution >= 4 is 23.1 Å². The lowest BCUT2D eigenvalue weighted by Gasteiger charge is -2.08. The van der Waals surface area contributed by atoms with Crippen LogP contribution in [-0.2, 0) is 12.3 Å². The molecule has 0 aliphatic carbocycles. The fraction of sp³-hybridized carbons (Fsp3) is 0.389. The zero-order valence-corrected chi connectivity index (χ0v) is 16.1. The summed E-state index contributed by atoms with van der Waals surface area (Å²) in [5.74, 6) is 2.26. The summed E-state index contributed by atoms with van der Waals surface area (Å²) in [7, 11) is 0. The van der Waals surface area contributed by atoms with Crippen LogP contribution >= 0.6 is 23.1 Å². The molecule has 0 atom stereocenters. The molecule has 3 rings (SSSR count). The van der Waals surface area contributed by atoms with Crippen molar-refractivity contribution in [2.24, 2.45) is 0 Å². The summed E-state index contributed by atoms with van der Waals surface area (Å²) in [6.45, 7) is 9.45. The van der Waals surface area contributed by atoms with Crippen LogP contribution < -0.4 is 0 Å². The maximum Gasteiger partial charge on any atom is 0.191 e. The van der Waals surface area contributed by atoms with Gasteiger partial charge in [-0.3, -0.25) is 0 Å². The van der Waals surface area contributed by atoms with Gasteiger partial charge in [0.15, 0.2) is 5.16 Å². The van der Waals surface area contributed by atoms with Crippen LogP contribution in [0.1, 0.15) is 43.8 Å². The van der Waals surface area contributed by atoms with E-state index in [1.54, 1.807) is 23.1 Å². The molecule has 0 radical (unpaired) electrons. The third kappa shape index (κ3) is 3.70. The van der Waals surface area contributed by atoms with Gasteiger partial charge in [0.2, 0.25) is 0 Å². The summed E-state index contributed by atoms with van der Waals surface area (Å²) in [4.78, 5) is 4.77. The highest BCUT2D eigenvalue weighted by Crippen LogP contribution is 2.28. The predicted molar refractivity (Wildman–Crippen MR) is 102 cm³/mol. The number of thioether (sulfide) groups is 1. The molecule has 0 unspecified atom stereocenters. The molecule has 0 aliphatic heterocycles. The lowest BCUT2D eigenvalue weighted by molar-refractivity contribution is 0.613. The lowest BCUT2D eigenvalue weighted by atomic mass is 10.1. The summed E-state index contributed by atoms with van der Waals surface area (Å²) in [6.07, 6.45) is 0. The van der Waals surface area contributed by atoms with Gasteiger partial charge in [0.1, 0.15) is 10.8 Å². The van der Waals surface area contributed by atoms with Gasteiger partial charge in [-0.25, -0.2) is 4.98 Å². The minimum atomic E-state index is 0.388. The van der Waals surface area contributed by atoms with Gasteiger partial charge in [-0.15, -0.1) is 21.5 Å². The number of hydrogen-bond donors (Lipinski definition) is 0. The minimum Gasteiger partial charge on any atom is -0.306 e. The van der Waals surface area contributed by atoms with Crippen LogP contribution in [0.15, 0.2) is 34.8 Å². The third-order valence-electron chi connectivity index (χ3n) is 3.74. The Hall–Kier alpha value is -1.66. The summed E-state index contributed by atoms with van der Waals surface area (Å²) >= 11 is 3.41. The number of hydrogen-bond acceptors (Lipinski definition) is 5. The smallest absolute Gasteiger partial charge is 0.191 e. The SMILES string of the molecule is CCn1c(SCc2csc(-c3cccc(C)c3)n2)nnc1C(C)C. The summed E-state index contributed by atoms with van der Waals surface area (Å²) in [5.41, 5.74) is 3.55. The highest BCUT2D eigenvalue weighted by molar-refractivity contribution is 7.98. The second-order valence-electron chi connectivity index (χ2n) is 6.04. The van der Waals surface area contributed by atoms with E-state index < -0.39 is 0 Å². The molecule has 0 amide bonds. The quantitative estimate of drug-likeness (QED) is 0.572. The van der Waals surface area contributed by atoms with E-state index in [0.717, 1.165) is 34.0 Å². The molecule has 2 aromatic heterocycles. The molecule has 6 heteroatoms. The number of nitrogens with zero attached hydrogens (tertiary/aromatic N) is 4. The molecule has 0 spiro atoms. The molecule has 0 saturated carbocycles. The van der Waals surface area contributed by atoms with Crippen molar-refractivity contribution < 1.29 is 0 Å². The highest BCUT2D eigenvalue weighted by atomic mass is 32.2. The molecule has 3 aromatic rings. The molecule has 2 heterocycles. The van der Waals surface area contributed by atoms with Crippen molar-refractivity contribution in [2.45, 2.75) is 51.1 Å². The number of aromatic nitrogens is 4.